The van der Waals surface area contributed by atoms with Crippen molar-refractivity contribution in [3.05, 3.63) is 60.2 Å². The van der Waals surface area contributed by atoms with Crippen LogP contribution in [0.1, 0.15) is 44.6 Å². The molecular formula is C23H30N2O3. The second-order valence-corrected chi connectivity index (χ2v) is 7.55. The summed E-state index contributed by atoms with van der Waals surface area (Å²) in [4.78, 5) is 14.4. The molecule has 5 nitrogen and oxygen atoms in total. The molecule has 2 N–H and O–H groups in total. The van der Waals surface area contributed by atoms with Crippen LogP contribution in [0.3, 0.4) is 0 Å². The number of anilines is 1. The zero-order valence-corrected chi connectivity index (χ0v) is 16.6. The maximum absolute atomic E-state index is 12.6. The summed E-state index contributed by atoms with van der Waals surface area (Å²) >= 11 is 0. The Hall–Kier alpha value is -2.53. The monoisotopic (exact) mass is 382 g/mol. The number of likely N-dealkylation sites (tertiary alicyclic amines) is 1. The number of aliphatic hydroxyl groups is 1. The topological polar surface area (TPSA) is 61.8 Å². The van der Waals surface area contributed by atoms with Crippen LogP contribution in [0, 0.1) is 0 Å². The fourth-order valence-electron chi connectivity index (χ4n) is 3.49. The first-order valence-electron chi connectivity index (χ1n) is 10.1. The van der Waals surface area contributed by atoms with E-state index in [-0.39, 0.29) is 6.03 Å². The van der Waals surface area contributed by atoms with Gasteiger partial charge in [0, 0.05) is 24.8 Å². The van der Waals surface area contributed by atoms with Gasteiger partial charge < -0.3 is 20.1 Å². The molecule has 0 spiro atoms. The number of piperidine rings is 1. The number of nitrogens with one attached hydrogen (secondary N) is 1. The average molecular weight is 383 g/mol. The van der Waals surface area contributed by atoms with Gasteiger partial charge in [0.25, 0.3) is 0 Å². The quantitative estimate of drug-likeness (QED) is 0.722. The number of rotatable bonds is 7. The summed E-state index contributed by atoms with van der Waals surface area (Å²) in [5.41, 5.74) is 1.20. The van der Waals surface area contributed by atoms with Crippen LogP contribution in [0.15, 0.2) is 54.6 Å². The van der Waals surface area contributed by atoms with E-state index in [0.717, 1.165) is 24.8 Å². The summed E-state index contributed by atoms with van der Waals surface area (Å²) < 4.78 is 5.83. The van der Waals surface area contributed by atoms with Crippen LogP contribution in [0.2, 0.25) is 0 Å². The third-order valence-corrected chi connectivity index (χ3v) is 5.31. The number of hydrogen-bond donors (Lipinski definition) is 2. The van der Waals surface area contributed by atoms with Crippen molar-refractivity contribution in [1.82, 2.24) is 4.90 Å². The molecule has 1 fully saturated rings. The minimum absolute atomic E-state index is 0.127. The third-order valence-electron chi connectivity index (χ3n) is 5.31. The number of urea groups is 1. The van der Waals surface area contributed by atoms with Crippen LogP contribution in [-0.4, -0.2) is 34.7 Å². The number of amides is 2. The second kappa shape index (κ2) is 9.60. The third kappa shape index (κ3) is 5.73. The van der Waals surface area contributed by atoms with Crippen molar-refractivity contribution in [1.29, 1.82) is 0 Å². The van der Waals surface area contributed by atoms with E-state index in [1.807, 2.05) is 54.6 Å². The van der Waals surface area contributed by atoms with Crippen LogP contribution in [0.4, 0.5) is 10.5 Å². The first-order chi connectivity index (χ1) is 13.6. The first kappa shape index (κ1) is 20.2. The van der Waals surface area contributed by atoms with Crippen molar-refractivity contribution in [2.75, 3.05) is 18.4 Å². The number of ether oxygens (including phenoxy) is 1. The molecule has 0 aromatic heterocycles. The molecule has 1 saturated heterocycles. The molecule has 0 aliphatic carbocycles. The predicted molar refractivity (Wildman–Crippen MR) is 112 cm³/mol. The lowest BCUT2D eigenvalue weighted by molar-refractivity contribution is -0.0194. The van der Waals surface area contributed by atoms with E-state index in [1.165, 1.54) is 0 Å². The van der Waals surface area contributed by atoms with Crippen molar-refractivity contribution in [3.8, 4) is 5.75 Å². The normalized spacial score (nSPS) is 15.9. The summed E-state index contributed by atoms with van der Waals surface area (Å²) in [5, 5.41) is 13.6. The Morgan fingerprint density at radius 3 is 2.61 bits per heavy atom. The fourth-order valence-corrected chi connectivity index (χ4v) is 3.49. The molecule has 5 heteroatoms. The molecule has 0 bridgehead atoms. The summed E-state index contributed by atoms with van der Waals surface area (Å²) in [6.07, 6.45) is 4.20. The van der Waals surface area contributed by atoms with Gasteiger partial charge in [-0.2, -0.15) is 0 Å². The molecule has 3 rings (SSSR count). The Balaban J connectivity index is 1.50. The smallest absolute Gasteiger partial charge is 0.321 e. The molecule has 1 aliphatic rings. The Morgan fingerprint density at radius 2 is 1.89 bits per heavy atom. The van der Waals surface area contributed by atoms with Gasteiger partial charge in [-0.1, -0.05) is 56.2 Å². The highest BCUT2D eigenvalue weighted by molar-refractivity contribution is 5.89. The molecular weight excluding hydrogens is 352 g/mol. The van der Waals surface area contributed by atoms with Gasteiger partial charge in [0.2, 0.25) is 0 Å². The number of hydrogen-bond acceptors (Lipinski definition) is 3. The van der Waals surface area contributed by atoms with E-state index in [9.17, 15) is 9.90 Å². The largest absolute Gasteiger partial charge is 0.489 e. The Kier molecular flexibility index (Phi) is 6.93. The van der Waals surface area contributed by atoms with Crippen molar-refractivity contribution in [2.24, 2.45) is 0 Å². The van der Waals surface area contributed by atoms with Crippen LogP contribution in [0.25, 0.3) is 0 Å². The number of carbonyl (C=O) groups is 1. The van der Waals surface area contributed by atoms with Crippen LogP contribution >= 0.6 is 0 Å². The molecule has 1 heterocycles. The van der Waals surface area contributed by atoms with Gasteiger partial charge in [0.05, 0.1) is 5.60 Å². The Bertz CT molecular complexity index is 755. The second-order valence-electron chi connectivity index (χ2n) is 7.55. The summed E-state index contributed by atoms with van der Waals surface area (Å²) in [6.45, 7) is 3.77. The first-order valence-corrected chi connectivity index (χ1v) is 10.1. The van der Waals surface area contributed by atoms with E-state index in [0.29, 0.717) is 44.0 Å². The van der Waals surface area contributed by atoms with Crippen molar-refractivity contribution < 1.29 is 14.6 Å². The number of carbonyl (C=O) groups excluding carboxylic acids is 1. The van der Waals surface area contributed by atoms with Gasteiger partial charge in [-0.05, 0) is 37.0 Å². The zero-order valence-electron chi connectivity index (χ0n) is 16.6. The molecule has 2 aromatic rings. The highest BCUT2D eigenvalue weighted by Gasteiger charge is 2.33. The van der Waals surface area contributed by atoms with Crippen molar-refractivity contribution >= 4 is 11.7 Å². The SMILES string of the molecule is CCCCC1(O)CCN(C(=O)Nc2cccc(OCc3ccccc3)c2)CC1. The number of unbranched alkanes of at least 4 members (excludes halogenated alkanes) is 1. The fraction of sp³-hybridized carbons (Fsp3) is 0.435. The molecule has 0 atom stereocenters. The van der Waals surface area contributed by atoms with Crippen LogP contribution < -0.4 is 10.1 Å². The maximum atomic E-state index is 12.6. The Labute approximate surface area is 167 Å². The van der Waals surface area contributed by atoms with Gasteiger partial charge >= 0.3 is 6.03 Å². The highest BCUT2D eigenvalue weighted by atomic mass is 16.5. The van der Waals surface area contributed by atoms with Gasteiger partial charge in [-0.15, -0.1) is 0 Å². The minimum atomic E-state index is -0.613. The standard InChI is InChI=1S/C23H30N2O3/c1-2-3-12-23(27)13-15-25(16-14-23)22(26)24-20-10-7-11-21(17-20)28-18-19-8-5-4-6-9-19/h4-11,17,27H,2-3,12-16,18H2,1H3,(H,24,26). The lowest BCUT2D eigenvalue weighted by atomic mass is 9.87. The molecule has 2 aromatic carbocycles. The van der Waals surface area contributed by atoms with Crippen LogP contribution in [-0.2, 0) is 6.61 Å². The average Bonchev–Trinajstić information content (AvgIpc) is 2.72. The lowest BCUT2D eigenvalue weighted by Gasteiger charge is -2.38. The van der Waals surface area contributed by atoms with E-state index in [2.05, 4.69) is 12.2 Å². The highest BCUT2D eigenvalue weighted by Crippen LogP contribution is 2.28. The van der Waals surface area contributed by atoms with E-state index in [4.69, 9.17) is 4.74 Å². The molecule has 28 heavy (non-hydrogen) atoms. The van der Waals surface area contributed by atoms with Gasteiger partial charge in [0.1, 0.15) is 12.4 Å². The van der Waals surface area contributed by atoms with Crippen LogP contribution in [0.5, 0.6) is 5.75 Å². The van der Waals surface area contributed by atoms with E-state index in [1.54, 1.807) is 4.90 Å². The molecule has 2 amide bonds. The summed E-state index contributed by atoms with van der Waals surface area (Å²) in [5.74, 6) is 0.717. The molecule has 0 unspecified atom stereocenters. The molecule has 1 aliphatic heterocycles. The van der Waals surface area contributed by atoms with Gasteiger partial charge in [0.15, 0.2) is 0 Å². The van der Waals surface area contributed by atoms with Gasteiger partial charge in [-0.3, -0.25) is 0 Å². The van der Waals surface area contributed by atoms with Crippen molar-refractivity contribution in [3.63, 3.8) is 0 Å². The van der Waals surface area contributed by atoms with E-state index < -0.39 is 5.60 Å². The number of nitrogens with zero attached hydrogens (tertiary/aromatic N) is 1. The number of benzene rings is 2. The van der Waals surface area contributed by atoms with Crippen molar-refractivity contribution in [2.45, 2.75) is 51.2 Å². The summed E-state index contributed by atoms with van der Waals surface area (Å²) in [7, 11) is 0. The van der Waals surface area contributed by atoms with Gasteiger partial charge in [-0.25, -0.2) is 4.79 Å². The molecule has 0 radical (unpaired) electrons. The molecule has 0 saturated carbocycles. The lowest BCUT2D eigenvalue weighted by Crippen LogP contribution is -2.48. The Morgan fingerprint density at radius 1 is 1.14 bits per heavy atom. The predicted octanol–water partition coefficient (Wildman–Crippen LogP) is 4.81. The molecule has 150 valence electrons. The maximum Gasteiger partial charge on any atom is 0.321 e. The zero-order chi connectivity index (χ0) is 19.8. The minimum Gasteiger partial charge on any atom is -0.489 e. The summed E-state index contributed by atoms with van der Waals surface area (Å²) in [6, 6.07) is 17.3. The van der Waals surface area contributed by atoms with E-state index >= 15 is 0 Å².